The van der Waals surface area contributed by atoms with Crippen molar-refractivity contribution in [2.24, 2.45) is 0 Å². The standard InChI is InChI=1S/C9H8ClF2NO2/c1-4(14)5-2-6(10)8(3-7(5)13)15-9(11)12/h2-3,9H,13H2,1H3. The second-order valence-corrected chi connectivity index (χ2v) is 3.21. The summed E-state index contributed by atoms with van der Waals surface area (Å²) in [5.74, 6) is -0.535. The van der Waals surface area contributed by atoms with Gasteiger partial charge in [0, 0.05) is 17.3 Å². The first-order chi connectivity index (χ1) is 6.91. The summed E-state index contributed by atoms with van der Waals surface area (Å²) in [5, 5.41) is -0.0744. The molecule has 3 nitrogen and oxygen atoms in total. The van der Waals surface area contributed by atoms with E-state index in [1.165, 1.54) is 13.0 Å². The molecule has 0 amide bonds. The highest BCUT2D eigenvalue weighted by molar-refractivity contribution is 6.32. The van der Waals surface area contributed by atoms with Gasteiger partial charge in [0.2, 0.25) is 0 Å². The van der Waals surface area contributed by atoms with E-state index in [4.69, 9.17) is 17.3 Å². The van der Waals surface area contributed by atoms with Crippen molar-refractivity contribution < 1.29 is 18.3 Å². The number of halogens is 3. The predicted molar refractivity (Wildman–Crippen MR) is 52.5 cm³/mol. The van der Waals surface area contributed by atoms with Crippen molar-refractivity contribution in [1.82, 2.24) is 0 Å². The van der Waals surface area contributed by atoms with Gasteiger partial charge in [0.1, 0.15) is 5.75 Å². The van der Waals surface area contributed by atoms with Gasteiger partial charge >= 0.3 is 6.61 Å². The van der Waals surface area contributed by atoms with Gasteiger partial charge < -0.3 is 10.5 Å². The Morgan fingerprint density at radius 2 is 2.13 bits per heavy atom. The zero-order chi connectivity index (χ0) is 11.6. The van der Waals surface area contributed by atoms with E-state index < -0.39 is 6.61 Å². The number of ketones is 1. The number of ether oxygens (including phenoxy) is 1. The van der Waals surface area contributed by atoms with Crippen LogP contribution >= 0.6 is 11.6 Å². The maximum atomic E-state index is 11.9. The summed E-state index contributed by atoms with van der Waals surface area (Å²) in [5.41, 5.74) is 5.70. The fourth-order valence-electron chi connectivity index (χ4n) is 1.06. The predicted octanol–water partition coefficient (Wildman–Crippen LogP) is 2.73. The van der Waals surface area contributed by atoms with Crippen molar-refractivity contribution in [3.8, 4) is 5.75 Å². The number of Topliss-reactive ketones (excluding diaryl/α,β-unsaturated/α-hetero) is 1. The van der Waals surface area contributed by atoms with Crippen molar-refractivity contribution >= 4 is 23.1 Å². The van der Waals surface area contributed by atoms with Gasteiger partial charge in [0.25, 0.3) is 0 Å². The fraction of sp³-hybridized carbons (Fsp3) is 0.222. The summed E-state index contributed by atoms with van der Waals surface area (Å²) in [6.07, 6.45) is 0. The molecule has 0 spiro atoms. The van der Waals surface area contributed by atoms with Crippen molar-refractivity contribution in [3.63, 3.8) is 0 Å². The average molecular weight is 236 g/mol. The summed E-state index contributed by atoms with van der Waals surface area (Å²) in [7, 11) is 0. The number of carbonyl (C=O) groups excluding carboxylic acids is 1. The van der Waals surface area contributed by atoms with E-state index in [0.717, 1.165) is 6.07 Å². The number of anilines is 1. The molecule has 0 atom stereocenters. The first-order valence-corrected chi connectivity index (χ1v) is 4.34. The van der Waals surface area contributed by atoms with Crippen LogP contribution < -0.4 is 10.5 Å². The van der Waals surface area contributed by atoms with E-state index in [-0.39, 0.29) is 27.8 Å². The number of alkyl halides is 2. The molecule has 1 aromatic carbocycles. The Morgan fingerprint density at radius 1 is 1.53 bits per heavy atom. The molecule has 0 aliphatic rings. The third-order valence-corrected chi connectivity index (χ3v) is 1.99. The van der Waals surface area contributed by atoms with Gasteiger partial charge in [-0.2, -0.15) is 8.78 Å². The monoisotopic (exact) mass is 235 g/mol. The highest BCUT2D eigenvalue weighted by Gasteiger charge is 2.13. The molecule has 82 valence electrons. The zero-order valence-electron chi connectivity index (χ0n) is 7.76. The molecule has 0 aliphatic heterocycles. The number of carbonyl (C=O) groups is 1. The Morgan fingerprint density at radius 3 is 2.60 bits per heavy atom. The molecule has 0 saturated carbocycles. The lowest BCUT2D eigenvalue weighted by Crippen LogP contribution is -2.05. The van der Waals surface area contributed by atoms with Crippen LogP contribution in [0.4, 0.5) is 14.5 Å². The lowest BCUT2D eigenvalue weighted by molar-refractivity contribution is -0.0497. The third kappa shape index (κ3) is 2.79. The first-order valence-electron chi connectivity index (χ1n) is 3.96. The Balaban J connectivity index is 3.13. The Hall–Kier alpha value is -1.36. The van der Waals surface area contributed by atoms with Crippen LogP contribution in [-0.4, -0.2) is 12.4 Å². The van der Waals surface area contributed by atoms with E-state index >= 15 is 0 Å². The first kappa shape index (κ1) is 11.7. The minimum atomic E-state index is -2.98. The third-order valence-electron chi connectivity index (χ3n) is 1.70. The van der Waals surface area contributed by atoms with Crippen LogP contribution in [0.5, 0.6) is 5.75 Å². The van der Waals surface area contributed by atoms with Gasteiger partial charge in [0.15, 0.2) is 5.78 Å². The number of benzene rings is 1. The van der Waals surface area contributed by atoms with Crippen molar-refractivity contribution in [3.05, 3.63) is 22.7 Å². The van der Waals surface area contributed by atoms with Crippen LogP contribution in [0, 0.1) is 0 Å². The molecule has 0 aromatic heterocycles. The summed E-state index contributed by atoms with van der Waals surface area (Å²) in [4.78, 5) is 11.0. The summed E-state index contributed by atoms with van der Waals surface area (Å²) >= 11 is 5.62. The Kier molecular flexibility index (Phi) is 3.47. The van der Waals surface area contributed by atoms with E-state index in [0.29, 0.717) is 0 Å². The fourth-order valence-corrected chi connectivity index (χ4v) is 1.27. The molecule has 0 unspecified atom stereocenters. The zero-order valence-corrected chi connectivity index (χ0v) is 8.52. The molecule has 2 N–H and O–H groups in total. The summed E-state index contributed by atoms with van der Waals surface area (Å²) in [6, 6.07) is 2.31. The molecule has 0 aliphatic carbocycles. The minimum absolute atomic E-state index is 0.0579. The number of nitrogen functional groups attached to an aromatic ring is 1. The smallest absolute Gasteiger partial charge is 0.387 e. The van der Waals surface area contributed by atoms with Crippen LogP contribution in [0.3, 0.4) is 0 Å². The molecule has 0 fully saturated rings. The highest BCUT2D eigenvalue weighted by Crippen LogP contribution is 2.31. The summed E-state index contributed by atoms with van der Waals surface area (Å²) < 4.78 is 27.9. The largest absolute Gasteiger partial charge is 0.433 e. The quantitative estimate of drug-likeness (QED) is 0.647. The molecule has 1 rings (SSSR count). The van der Waals surface area contributed by atoms with Crippen LogP contribution in [0.2, 0.25) is 5.02 Å². The van der Waals surface area contributed by atoms with Crippen molar-refractivity contribution in [2.45, 2.75) is 13.5 Å². The van der Waals surface area contributed by atoms with Gasteiger partial charge in [0.05, 0.1) is 5.02 Å². The normalized spacial score (nSPS) is 10.5. The molecule has 15 heavy (non-hydrogen) atoms. The molecular weight excluding hydrogens is 228 g/mol. The van der Waals surface area contributed by atoms with Gasteiger partial charge in [-0.3, -0.25) is 4.79 Å². The molecule has 0 heterocycles. The molecular formula is C9H8ClF2NO2. The van der Waals surface area contributed by atoms with E-state index in [1.807, 2.05) is 0 Å². The SMILES string of the molecule is CC(=O)c1cc(Cl)c(OC(F)F)cc1N. The lowest BCUT2D eigenvalue weighted by atomic mass is 10.1. The van der Waals surface area contributed by atoms with Crippen LogP contribution in [0.25, 0.3) is 0 Å². The highest BCUT2D eigenvalue weighted by atomic mass is 35.5. The van der Waals surface area contributed by atoms with Gasteiger partial charge in [-0.1, -0.05) is 11.6 Å². The maximum Gasteiger partial charge on any atom is 0.387 e. The number of hydrogen-bond acceptors (Lipinski definition) is 3. The van der Waals surface area contributed by atoms with E-state index in [1.54, 1.807) is 0 Å². The summed E-state index contributed by atoms with van der Waals surface area (Å²) in [6.45, 7) is -1.68. The van der Waals surface area contributed by atoms with Crippen LogP contribution in [-0.2, 0) is 0 Å². The van der Waals surface area contributed by atoms with Gasteiger partial charge in [-0.25, -0.2) is 0 Å². The molecule has 0 radical (unpaired) electrons. The molecule has 0 bridgehead atoms. The lowest BCUT2D eigenvalue weighted by Gasteiger charge is -2.09. The van der Waals surface area contributed by atoms with Gasteiger partial charge in [-0.15, -0.1) is 0 Å². The molecule has 0 saturated heterocycles. The number of nitrogens with two attached hydrogens (primary N) is 1. The van der Waals surface area contributed by atoms with Crippen LogP contribution in [0.1, 0.15) is 17.3 Å². The van der Waals surface area contributed by atoms with Gasteiger partial charge in [-0.05, 0) is 13.0 Å². The topological polar surface area (TPSA) is 52.3 Å². The maximum absolute atomic E-state index is 11.9. The average Bonchev–Trinajstić information content (AvgIpc) is 2.09. The van der Waals surface area contributed by atoms with Crippen molar-refractivity contribution in [2.75, 3.05) is 5.73 Å². The van der Waals surface area contributed by atoms with Crippen molar-refractivity contribution in [1.29, 1.82) is 0 Å². The van der Waals surface area contributed by atoms with E-state index in [2.05, 4.69) is 4.74 Å². The molecule has 1 aromatic rings. The molecule has 6 heteroatoms. The minimum Gasteiger partial charge on any atom is -0.433 e. The second kappa shape index (κ2) is 4.44. The second-order valence-electron chi connectivity index (χ2n) is 2.80. The Labute approximate surface area is 89.8 Å². The van der Waals surface area contributed by atoms with E-state index in [9.17, 15) is 13.6 Å². The Bertz CT molecular complexity index is 396. The van der Waals surface area contributed by atoms with Crippen LogP contribution in [0.15, 0.2) is 12.1 Å². The number of hydrogen-bond donors (Lipinski definition) is 1. The number of rotatable bonds is 3.